The van der Waals surface area contributed by atoms with Gasteiger partial charge in [0.25, 0.3) is 15.9 Å². The molecule has 174 valence electrons. The molecule has 2 aromatic carbocycles. The van der Waals surface area contributed by atoms with Crippen LogP contribution < -0.4 is 15.4 Å². The van der Waals surface area contributed by atoms with Crippen LogP contribution in [0.3, 0.4) is 0 Å². The monoisotopic (exact) mass is 485 g/mol. The molecule has 0 bridgehead atoms. The van der Waals surface area contributed by atoms with E-state index in [2.05, 4.69) is 10.6 Å². The number of nitrogens with zero attached hydrogens (tertiary/aromatic N) is 1. The summed E-state index contributed by atoms with van der Waals surface area (Å²) >= 11 is 1.20. The lowest BCUT2D eigenvalue weighted by Gasteiger charge is -2.31. The second kappa shape index (κ2) is 10.4. The quantitative estimate of drug-likeness (QED) is 0.504. The first-order valence-electron chi connectivity index (χ1n) is 10.8. The van der Waals surface area contributed by atoms with Gasteiger partial charge in [0.05, 0.1) is 13.7 Å². The van der Waals surface area contributed by atoms with E-state index < -0.39 is 10.0 Å². The minimum Gasteiger partial charge on any atom is -0.497 e. The number of carbonyl (C=O) groups excluding carboxylic acids is 1. The first-order valence-corrected chi connectivity index (χ1v) is 13.0. The van der Waals surface area contributed by atoms with E-state index in [4.69, 9.17) is 4.74 Å². The van der Waals surface area contributed by atoms with Crippen LogP contribution in [0.2, 0.25) is 0 Å². The van der Waals surface area contributed by atoms with E-state index in [1.54, 1.807) is 47.8 Å². The summed E-state index contributed by atoms with van der Waals surface area (Å²) in [6.07, 6.45) is 1.51. The zero-order valence-electron chi connectivity index (χ0n) is 18.4. The molecule has 3 aromatic rings. The minimum absolute atomic E-state index is 0.236. The lowest BCUT2D eigenvalue weighted by molar-refractivity contribution is 0.0951. The number of ether oxygens (including phenoxy) is 1. The Balaban J connectivity index is 1.32. The molecule has 1 amide bonds. The Bertz CT molecular complexity index is 1190. The van der Waals surface area contributed by atoms with Crippen molar-refractivity contribution in [1.82, 2.24) is 9.62 Å². The van der Waals surface area contributed by atoms with Gasteiger partial charge in [-0.3, -0.25) is 4.79 Å². The molecular weight excluding hydrogens is 458 g/mol. The fraction of sp³-hybridized carbons (Fsp3) is 0.292. The summed E-state index contributed by atoms with van der Waals surface area (Å²) in [5, 5.41) is 6.32. The van der Waals surface area contributed by atoms with Crippen molar-refractivity contribution in [3.63, 3.8) is 0 Å². The molecule has 4 rings (SSSR count). The summed E-state index contributed by atoms with van der Waals surface area (Å²) in [5.41, 5.74) is 1.54. The van der Waals surface area contributed by atoms with E-state index in [9.17, 15) is 13.2 Å². The van der Waals surface area contributed by atoms with E-state index in [0.717, 1.165) is 23.4 Å². The van der Waals surface area contributed by atoms with Gasteiger partial charge in [-0.15, -0.1) is 11.3 Å². The van der Waals surface area contributed by atoms with Gasteiger partial charge in [0.2, 0.25) is 0 Å². The molecule has 0 radical (unpaired) electrons. The molecular formula is C24H27N3O4S2. The van der Waals surface area contributed by atoms with Crippen LogP contribution in [0.1, 0.15) is 28.1 Å². The predicted octanol–water partition coefficient (Wildman–Crippen LogP) is 3.95. The molecule has 2 N–H and O–H groups in total. The van der Waals surface area contributed by atoms with E-state index in [1.807, 2.05) is 30.3 Å². The van der Waals surface area contributed by atoms with Crippen LogP contribution in [-0.2, 0) is 16.6 Å². The molecule has 1 saturated heterocycles. The van der Waals surface area contributed by atoms with Gasteiger partial charge in [-0.05, 0) is 55.3 Å². The minimum atomic E-state index is -3.54. The second-order valence-corrected chi connectivity index (χ2v) is 11.2. The molecule has 1 aliphatic rings. The van der Waals surface area contributed by atoms with Crippen molar-refractivity contribution in [2.45, 2.75) is 29.6 Å². The van der Waals surface area contributed by atoms with Crippen molar-refractivity contribution in [3.8, 4) is 5.75 Å². The third-order valence-corrected chi connectivity index (χ3v) is 9.04. The number of anilines is 1. The Morgan fingerprint density at radius 2 is 1.82 bits per heavy atom. The van der Waals surface area contributed by atoms with Gasteiger partial charge < -0.3 is 15.4 Å². The van der Waals surface area contributed by atoms with Crippen molar-refractivity contribution >= 4 is 33.0 Å². The summed E-state index contributed by atoms with van der Waals surface area (Å²) in [6.45, 7) is 1.22. The molecule has 1 aromatic heterocycles. The molecule has 0 spiro atoms. The highest BCUT2D eigenvalue weighted by Crippen LogP contribution is 2.28. The number of sulfonamides is 1. The van der Waals surface area contributed by atoms with Gasteiger partial charge in [-0.25, -0.2) is 8.42 Å². The van der Waals surface area contributed by atoms with Gasteiger partial charge in [-0.1, -0.05) is 24.3 Å². The molecule has 2 heterocycles. The highest BCUT2D eigenvalue weighted by molar-refractivity contribution is 7.91. The van der Waals surface area contributed by atoms with E-state index in [1.165, 1.54) is 11.3 Å². The largest absolute Gasteiger partial charge is 0.497 e. The first kappa shape index (κ1) is 23.3. The maximum atomic E-state index is 13.1. The molecule has 0 aliphatic carbocycles. The van der Waals surface area contributed by atoms with Crippen molar-refractivity contribution in [3.05, 3.63) is 77.2 Å². The summed E-state index contributed by atoms with van der Waals surface area (Å²) in [5.74, 6) is 0.370. The Morgan fingerprint density at radius 1 is 1.06 bits per heavy atom. The van der Waals surface area contributed by atoms with Crippen LogP contribution in [0.15, 0.2) is 70.9 Å². The van der Waals surface area contributed by atoms with Gasteiger partial charge >= 0.3 is 0 Å². The molecule has 0 atom stereocenters. The normalized spacial score (nSPS) is 15.2. The summed E-state index contributed by atoms with van der Waals surface area (Å²) in [6, 6.07) is 20.5. The van der Waals surface area contributed by atoms with Crippen LogP contribution in [0.5, 0.6) is 5.75 Å². The number of piperidine rings is 1. The third kappa shape index (κ3) is 5.73. The van der Waals surface area contributed by atoms with E-state index in [0.29, 0.717) is 28.6 Å². The second-order valence-electron chi connectivity index (χ2n) is 7.82. The maximum Gasteiger partial charge on any atom is 0.252 e. The third-order valence-electron chi connectivity index (χ3n) is 5.58. The fourth-order valence-electron chi connectivity index (χ4n) is 3.76. The number of thiophene rings is 1. The summed E-state index contributed by atoms with van der Waals surface area (Å²) in [4.78, 5) is 13.2. The fourth-order valence-corrected chi connectivity index (χ4v) is 6.68. The number of hydrogen-bond donors (Lipinski definition) is 2. The Kier molecular flexibility index (Phi) is 7.32. The Morgan fingerprint density at radius 3 is 2.55 bits per heavy atom. The zero-order chi connectivity index (χ0) is 23.3. The Labute approximate surface area is 198 Å². The smallest absolute Gasteiger partial charge is 0.252 e. The van der Waals surface area contributed by atoms with Crippen molar-refractivity contribution in [1.29, 1.82) is 0 Å². The number of para-hydroxylation sites is 1. The van der Waals surface area contributed by atoms with Crippen LogP contribution in [0.4, 0.5) is 5.69 Å². The number of hydrogen-bond acceptors (Lipinski definition) is 6. The topological polar surface area (TPSA) is 87.7 Å². The van der Waals surface area contributed by atoms with Gasteiger partial charge in [0.1, 0.15) is 9.96 Å². The van der Waals surface area contributed by atoms with Crippen LogP contribution >= 0.6 is 11.3 Å². The van der Waals surface area contributed by atoms with Gasteiger partial charge in [0.15, 0.2) is 0 Å². The molecule has 1 aliphatic heterocycles. The summed E-state index contributed by atoms with van der Waals surface area (Å²) in [7, 11) is -1.99. The van der Waals surface area contributed by atoms with E-state index >= 15 is 0 Å². The van der Waals surface area contributed by atoms with Gasteiger partial charge in [0, 0.05) is 35.3 Å². The molecule has 0 saturated carbocycles. The predicted molar refractivity (Wildman–Crippen MR) is 130 cm³/mol. The lowest BCUT2D eigenvalue weighted by atomic mass is 10.1. The average Bonchev–Trinajstić information content (AvgIpc) is 3.34. The van der Waals surface area contributed by atoms with Crippen LogP contribution in [0, 0.1) is 0 Å². The SMILES string of the molecule is COc1cccc(C(=O)NCc2ccc(S(=O)(=O)N3CCC(Nc4ccccc4)CC3)s2)c1. The highest BCUT2D eigenvalue weighted by atomic mass is 32.2. The Hall–Kier alpha value is -2.88. The van der Waals surface area contributed by atoms with Crippen molar-refractivity contribution in [2.75, 3.05) is 25.5 Å². The molecule has 9 heteroatoms. The number of benzene rings is 2. The van der Waals surface area contributed by atoms with E-state index in [-0.39, 0.29) is 18.5 Å². The van der Waals surface area contributed by atoms with Gasteiger partial charge in [-0.2, -0.15) is 4.31 Å². The van der Waals surface area contributed by atoms with Crippen LogP contribution in [-0.4, -0.2) is 44.9 Å². The number of amides is 1. The average molecular weight is 486 g/mol. The molecule has 33 heavy (non-hydrogen) atoms. The van der Waals surface area contributed by atoms with Crippen molar-refractivity contribution < 1.29 is 17.9 Å². The summed E-state index contributed by atoms with van der Waals surface area (Å²) < 4.78 is 33.2. The first-order chi connectivity index (χ1) is 16.0. The molecule has 7 nitrogen and oxygen atoms in total. The lowest BCUT2D eigenvalue weighted by Crippen LogP contribution is -2.42. The molecule has 0 unspecified atom stereocenters. The van der Waals surface area contributed by atoms with Crippen LogP contribution in [0.25, 0.3) is 0 Å². The maximum absolute atomic E-state index is 13.1. The standard InChI is InChI=1S/C24H27N3O4S2/c1-31-21-9-5-6-18(16-21)24(28)25-17-22-10-11-23(32-22)33(29,30)27-14-12-20(13-15-27)26-19-7-3-2-4-8-19/h2-11,16,20,26H,12-15,17H2,1H3,(H,25,28). The number of carbonyl (C=O) groups is 1. The zero-order valence-corrected chi connectivity index (χ0v) is 20.0. The number of methoxy groups -OCH3 is 1. The highest BCUT2D eigenvalue weighted by Gasteiger charge is 2.30. The van der Waals surface area contributed by atoms with Crippen molar-refractivity contribution in [2.24, 2.45) is 0 Å². The number of nitrogens with one attached hydrogen (secondary N) is 2. The molecule has 1 fully saturated rings. The number of rotatable bonds is 8.